The summed E-state index contributed by atoms with van der Waals surface area (Å²) in [4.78, 5) is 0. The smallest absolute Gasteiger partial charge is 0.210 e. The van der Waals surface area contributed by atoms with Crippen molar-refractivity contribution in [3.63, 3.8) is 0 Å². The third-order valence-corrected chi connectivity index (χ3v) is 3.00. The molecule has 1 aromatic carbocycles. The van der Waals surface area contributed by atoms with E-state index in [2.05, 4.69) is 10.2 Å². The Morgan fingerprint density at radius 3 is 2.95 bits per heavy atom. The first-order valence-corrected chi connectivity index (χ1v) is 6.27. The lowest BCUT2D eigenvalue weighted by molar-refractivity contribution is 0.277. The maximum atomic E-state index is 13.3. The van der Waals surface area contributed by atoms with Crippen molar-refractivity contribution < 1.29 is 9.13 Å². The van der Waals surface area contributed by atoms with E-state index in [9.17, 15) is 4.39 Å². The summed E-state index contributed by atoms with van der Waals surface area (Å²) in [6, 6.07) is 8.02. The van der Waals surface area contributed by atoms with E-state index >= 15 is 0 Å². The standard InChI is InChI=1S/C11H10FN5OS/c12-8-3-1-2-4-9(8)18-7-10-15-16-11(17(10)14)19-6-5-13/h1-4H,6-7,14H2. The number of benzene rings is 1. The monoisotopic (exact) mass is 279 g/mol. The second-order valence-corrected chi connectivity index (χ2v) is 4.38. The number of para-hydroxylation sites is 1. The normalized spacial score (nSPS) is 10.1. The summed E-state index contributed by atoms with van der Waals surface area (Å²) in [6.45, 7) is -0.00243. The zero-order chi connectivity index (χ0) is 13.7. The molecule has 1 aromatic heterocycles. The average molecular weight is 279 g/mol. The molecule has 0 spiro atoms. The molecule has 2 rings (SSSR count). The molecular formula is C11H10FN5OS. The number of halogens is 1. The van der Waals surface area contributed by atoms with Gasteiger partial charge in [-0.15, -0.1) is 10.2 Å². The number of thioether (sulfide) groups is 1. The highest BCUT2D eigenvalue weighted by Crippen LogP contribution is 2.18. The quantitative estimate of drug-likeness (QED) is 0.656. The van der Waals surface area contributed by atoms with Crippen LogP contribution in [0.4, 0.5) is 4.39 Å². The number of hydrogen-bond acceptors (Lipinski definition) is 6. The fourth-order valence-electron chi connectivity index (χ4n) is 1.30. The Bertz CT molecular complexity index is 609. The van der Waals surface area contributed by atoms with Gasteiger partial charge in [0.25, 0.3) is 0 Å². The molecule has 1 heterocycles. The van der Waals surface area contributed by atoms with Crippen molar-refractivity contribution in [2.75, 3.05) is 11.6 Å². The summed E-state index contributed by atoms with van der Waals surface area (Å²) in [5, 5.41) is 16.5. The van der Waals surface area contributed by atoms with E-state index in [0.717, 1.165) is 0 Å². The van der Waals surface area contributed by atoms with Crippen LogP contribution < -0.4 is 10.6 Å². The van der Waals surface area contributed by atoms with Gasteiger partial charge >= 0.3 is 0 Å². The predicted molar refractivity (Wildman–Crippen MR) is 67.2 cm³/mol. The molecule has 0 aliphatic rings. The Morgan fingerprint density at radius 1 is 1.42 bits per heavy atom. The highest BCUT2D eigenvalue weighted by Gasteiger charge is 2.11. The molecule has 0 aliphatic carbocycles. The molecule has 8 heteroatoms. The van der Waals surface area contributed by atoms with Crippen LogP contribution in [0.25, 0.3) is 0 Å². The second-order valence-electron chi connectivity index (χ2n) is 3.43. The van der Waals surface area contributed by atoms with Crippen LogP contribution in [-0.4, -0.2) is 20.6 Å². The fraction of sp³-hybridized carbons (Fsp3) is 0.182. The Hall–Kier alpha value is -2.27. The molecule has 2 aromatic rings. The van der Waals surface area contributed by atoms with Crippen LogP contribution in [0, 0.1) is 17.1 Å². The van der Waals surface area contributed by atoms with Crippen LogP contribution in [0.15, 0.2) is 29.4 Å². The number of aromatic nitrogens is 3. The largest absolute Gasteiger partial charge is 0.482 e. The molecule has 0 atom stereocenters. The summed E-state index contributed by atoms with van der Waals surface area (Å²) in [6.07, 6.45) is 0. The summed E-state index contributed by atoms with van der Waals surface area (Å²) in [5.41, 5.74) is 0. The summed E-state index contributed by atoms with van der Waals surface area (Å²) >= 11 is 1.17. The van der Waals surface area contributed by atoms with Gasteiger partial charge in [0.15, 0.2) is 17.4 Å². The third kappa shape index (κ3) is 3.14. The van der Waals surface area contributed by atoms with Crippen LogP contribution in [-0.2, 0) is 6.61 Å². The number of nitrogen functional groups attached to an aromatic ring is 1. The zero-order valence-electron chi connectivity index (χ0n) is 9.78. The van der Waals surface area contributed by atoms with E-state index in [0.29, 0.717) is 11.0 Å². The Morgan fingerprint density at radius 2 is 2.21 bits per heavy atom. The van der Waals surface area contributed by atoms with Crippen molar-refractivity contribution in [3.05, 3.63) is 35.9 Å². The van der Waals surface area contributed by atoms with Crippen LogP contribution in [0.5, 0.6) is 5.75 Å². The van der Waals surface area contributed by atoms with Gasteiger partial charge < -0.3 is 10.6 Å². The summed E-state index contributed by atoms with van der Waals surface area (Å²) in [5.74, 6) is 5.98. The van der Waals surface area contributed by atoms with Crippen molar-refractivity contribution >= 4 is 11.8 Å². The van der Waals surface area contributed by atoms with E-state index < -0.39 is 5.82 Å². The minimum absolute atomic E-state index is 0.00243. The first-order valence-electron chi connectivity index (χ1n) is 5.29. The Labute approximate surface area is 113 Å². The van der Waals surface area contributed by atoms with Crippen molar-refractivity contribution in [3.8, 4) is 11.8 Å². The van der Waals surface area contributed by atoms with E-state index in [4.69, 9.17) is 15.8 Å². The maximum absolute atomic E-state index is 13.3. The predicted octanol–water partition coefficient (Wildman–Crippen LogP) is 1.33. The SMILES string of the molecule is N#CCSc1nnc(COc2ccccc2F)n1N. The minimum atomic E-state index is -0.454. The second kappa shape index (κ2) is 6.06. The van der Waals surface area contributed by atoms with Gasteiger partial charge in [0.1, 0.15) is 6.61 Å². The zero-order valence-corrected chi connectivity index (χ0v) is 10.6. The van der Waals surface area contributed by atoms with Crippen LogP contribution in [0.3, 0.4) is 0 Å². The molecule has 0 aliphatic heterocycles. The van der Waals surface area contributed by atoms with Crippen molar-refractivity contribution in [1.82, 2.24) is 14.9 Å². The highest BCUT2D eigenvalue weighted by molar-refractivity contribution is 7.99. The van der Waals surface area contributed by atoms with Gasteiger partial charge in [0, 0.05) is 0 Å². The molecule has 6 nitrogen and oxygen atoms in total. The first kappa shape index (κ1) is 13.2. The lowest BCUT2D eigenvalue weighted by Crippen LogP contribution is -2.16. The van der Waals surface area contributed by atoms with Crippen molar-refractivity contribution in [1.29, 1.82) is 5.26 Å². The van der Waals surface area contributed by atoms with Crippen LogP contribution in [0.2, 0.25) is 0 Å². The van der Waals surface area contributed by atoms with Gasteiger partial charge in [-0.2, -0.15) is 5.26 Å². The van der Waals surface area contributed by atoms with Crippen molar-refractivity contribution in [2.24, 2.45) is 0 Å². The number of ether oxygens (including phenoxy) is 1. The van der Waals surface area contributed by atoms with Gasteiger partial charge in [-0.25, -0.2) is 9.07 Å². The van der Waals surface area contributed by atoms with Crippen molar-refractivity contribution in [2.45, 2.75) is 11.8 Å². The highest BCUT2D eigenvalue weighted by atomic mass is 32.2. The molecule has 2 N–H and O–H groups in total. The lowest BCUT2D eigenvalue weighted by atomic mass is 10.3. The third-order valence-electron chi connectivity index (χ3n) is 2.19. The molecule has 0 amide bonds. The number of hydrogen-bond donors (Lipinski definition) is 1. The Kier molecular flexibility index (Phi) is 4.20. The fourth-order valence-corrected chi connectivity index (χ4v) is 1.84. The number of nitrogens with two attached hydrogens (primary N) is 1. The molecular weight excluding hydrogens is 269 g/mol. The summed E-state index contributed by atoms with van der Waals surface area (Å²) < 4.78 is 19.8. The van der Waals surface area contributed by atoms with E-state index in [1.807, 2.05) is 6.07 Å². The van der Waals surface area contributed by atoms with Crippen LogP contribution in [0.1, 0.15) is 5.82 Å². The molecule has 0 radical (unpaired) electrons. The maximum Gasteiger partial charge on any atom is 0.210 e. The molecule has 98 valence electrons. The topological polar surface area (TPSA) is 89.8 Å². The number of nitrogens with zero attached hydrogens (tertiary/aromatic N) is 4. The molecule has 0 unspecified atom stereocenters. The Balaban J connectivity index is 2.03. The number of nitriles is 1. The van der Waals surface area contributed by atoms with Gasteiger partial charge in [0.05, 0.1) is 11.8 Å². The van der Waals surface area contributed by atoms with Gasteiger partial charge in [-0.05, 0) is 12.1 Å². The molecule has 19 heavy (non-hydrogen) atoms. The molecule has 0 saturated carbocycles. The number of rotatable bonds is 5. The van der Waals surface area contributed by atoms with E-state index in [1.165, 1.54) is 28.6 Å². The van der Waals surface area contributed by atoms with E-state index in [1.54, 1.807) is 12.1 Å². The average Bonchev–Trinajstić information content (AvgIpc) is 2.76. The molecule has 0 saturated heterocycles. The lowest BCUT2D eigenvalue weighted by Gasteiger charge is -2.06. The van der Waals surface area contributed by atoms with Gasteiger partial charge in [0.2, 0.25) is 5.16 Å². The van der Waals surface area contributed by atoms with Crippen LogP contribution >= 0.6 is 11.8 Å². The first-order chi connectivity index (χ1) is 9.22. The summed E-state index contributed by atoms with van der Waals surface area (Å²) in [7, 11) is 0. The molecule has 0 fully saturated rings. The van der Waals surface area contributed by atoms with E-state index in [-0.39, 0.29) is 18.1 Å². The van der Waals surface area contributed by atoms with Gasteiger partial charge in [-0.1, -0.05) is 23.9 Å². The minimum Gasteiger partial charge on any atom is -0.482 e. The van der Waals surface area contributed by atoms with Gasteiger partial charge in [-0.3, -0.25) is 0 Å². The molecule has 0 bridgehead atoms.